The van der Waals surface area contributed by atoms with Crippen LogP contribution in [0.25, 0.3) is 0 Å². The lowest BCUT2D eigenvalue weighted by Gasteiger charge is -2.15. The first kappa shape index (κ1) is 12.5. The molecule has 88 valence electrons. The molecule has 1 amide bonds. The zero-order valence-corrected chi connectivity index (χ0v) is 9.83. The van der Waals surface area contributed by atoms with E-state index in [0.717, 1.165) is 38.6 Å². The topological polar surface area (TPSA) is 49.3 Å². The number of carbonyl (C=O) groups excluding carboxylic acids is 1. The van der Waals surface area contributed by atoms with Gasteiger partial charge < -0.3 is 10.4 Å². The molecule has 2 atom stereocenters. The average molecular weight is 213 g/mol. The van der Waals surface area contributed by atoms with Crippen molar-refractivity contribution in [3.05, 3.63) is 0 Å². The molecule has 0 aliphatic heterocycles. The second kappa shape index (κ2) is 6.11. The maximum atomic E-state index is 11.7. The van der Waals surface area contributed by atoms with E-state index < -0.39 is 0 Å². The van der Waals surface area contributed by atoms with E-state index in [1.165, 1.54) is 0 Å². The molecule has 3 nitrogen and oxygen atoms in total. The van der Waals surface area contributed by atoms with E-state index in [0.29, 0.717) is 5.92 Å². The van der Waals surface area contributed by atoms with Crippen LogP contribution < -0.4 is 5.32 Å². The van der Waals surface area contributed by atoms with E-state index >= 15 is 0 Å². The molecular weight excluding hydrogens is 190 g/mol. The van der Waals surface area contributed by atoms with E-state index in [2.05, 4.69) is 5.32 Å². The van der Waals surface area contributed by atoms with Gasteiger partial charge in [-0.2, -0.15) is 0 Å². The second-order valence-electron chi connectivity index (χ2n) is 4.59. The van der Waals surface area contributed by atoms with Gasteiger partial charge in [0, 0.05) is 12.5 Å². The minimum Gasteiger partial charge on any atom is -0.393 e. The zero-order valence-electron chi connectivity index (χ0n) is 9.83. The van der Waals surface area contributed by atoms with Crippen molar-refractivity contribution in [1.29, 1.82) is 0 Å². The molecule has 0 aromatic carbocycles. The summed E-state index contributed by atoms with van der Waals surface area (Å²) in [4.78, 5) is 11.7. The maximum Gasteiger partial charge on any atom is 0.223 e. The van der Waals surface area contributed by atoms with Crippen molar-refractivity contribution >= 4 is 5.91 Å². The first-order chi connectivity index (χ1) is 7.17. The minimum atomic E-state index is -0.139. The van der Waals surface area contributed by atoms with Crippen LogP contribution in [0.3, 0.4) is 0 Å². The highest BCUT2D eigenvalue weighted by molar-refractivity contribution is 5.78. The standard InChI is InChI=1S/C12H23NO2/c1-3-10(4-2)12(15)13-8-9-5-6-11(14)7-9/h9-11,14H,3-8H2,1-2H3,(H,13,15)/t9-,11+/m0/s1. The molecule has 0 heterocycles. The van der Waals surface area contributed by atoms with Gasteiger partial charge in [-0.3, -0.25) is 4.79 Å². The van der Waals surface area contributed by atoms with Crippen molar-refractivity contribution in [2.24, 2.45) is 11.8 Å². The number of hydrogen-bond donors (Lipinski definition) is 2. The van der Waals surface area contributed by atoms with Gasteiger partial charge in [0.25, 0.3) is 0 Å². The molecule has 1 fully saturated rings. The Kier molecular flexibility index (Phi) is 5.09. The van der Waals surface area contributed by atoms with Crippen LogP contribution in [0.5, 0.6) is 0 Å². The number of amides is 1. The fourth-order valence-electron chi connectivity index (χ4n) is 2.28. The van der Waals surface area contributed by atoms with E-state index in [9.17, 15) is 9.90 Å². The highest BCUT2D eigenvalue weighted by Crippen LogP contribution is 2.24. The van der Waals surface area contributed by atoms with Gasteiger partial charge in [-0.25, -0.2) is 0 Å². The van der Waals surface area contributed by atoms with Crippen LogP contribution in [-0.4, -0.2) is 23.7 Å². The summed E-state index contributed by atoms with van der Waals surface area (Å²) in [5.41, 5.74) is 0. The monoisotopic (exact) mass is 213 g/mol. The van der Waals surface area contributed by atoms with Gasteiger partial charge >= 0.3 is 0 Å². The molecule has 1 aliphatic carbocycles. The number of rotatable bonds is 5. The largest absolute Gasteiger partial charge is 0.393 e. The summed E-state index contributed by atoms with van der Waals surface area (Å²) in [5.74, 6) is 0.830. The van der Waals surface area contributed by atoms with Crippen molar-refractivity contribution in [3.8, 4) is 0 Å². The summed E-state index contributed by atoms with van der Waals surface area (Å²) >= 11 is 0. The van der Waals surface area contributed by atoms with E-state index in [1.54, 1.807) is 0 Å². The summed E-state index contributed by atoms with van der Waals surface area (Å²) in [5, 5.41) is 12.4. The molecule has 0 spiro atoms. The summed E-state index contributed by atoms with van der Waals surface area (Å²) < 4.78 is 0. The van der Waals surface area contributed by atoms with Crippen molar-refractivity contribution in [2.75, 3.05) is 6.54 Å². The summed E-state index contributed by atoms with van der Waals surface area (Å²) in [6.07, 6.45) is 4.48. The fourth-order valence-corrected chi connectivity index (χ4v) is 2.28. The SMILES string of the molecule is CCC(CC)C(=O)NC[C@H]1CC[C@@H](O)C1. The zero-order chi connectivity index (χ0) is 11.3. The van der Waals surface area contributed by atoms with Gasteiger partial charge in [0.2, 0.25) is 5.91 Å². The van der Waals surface area contributed by atoms with Crippen molar-refractivity contribution in [1.82, 2.24) is 5.32 Å². The molecule has 0 saturated heterocycles. The molecule has 1 aliphatic rings. The molecule has 0 aromatic rings. The average Bonchev–Trinajstić information content (AvgIpc) is 2.63. The molecule has 0 bridgehead atoms. The highest BCUT2D eigenvalue weighted by atomic mass is 16.3. The van der Waals surface area contributed by atoms with E-state index in [4.69, 9.17) is 0 Å². The van der Waals surface area contributed by atoms with Gasteiger partial charge in [0.15, 0.2) is 0 Å². The fraction of sp³-hybridized carbons (Fsp3) is 0.917. The maximum absolute atomic E-state index is 11.7. The van der Waals surface area contributed by atoms with Gasteiger partial charge in [-0.15, -0.1) is 0 Å². The Bertz CT molecular complexity index is 202. The van der Waals surface area contributed by atoms with Gasteiger partial charge in [0.1, 0.15) is 0 Å². The van der Waals surface area contributed by atoms with Crippen LogP contribution in [0.4, 0.5) is 0 Å². The Morgan fingerprint density at radius 3 is 2.53 bits per heavy atom. The van der Waals surface area contributed by atoms with Crippen molar-refractivity contribution < 1.29 is 9.90 Å². The normalized spacial score (nSPS) is 25.9. The Hall–Kier alpha value is -0.570. The predicted molar refractivity (Wildman–Crippen MR) is 60.4 cm³/mol. The first-order valence-electron chi connectivity index (χ1n) is 6.13. The Balaban J connectivity index is 2.21. The lowest BCUT2D eigenvalue weighted by atomic mass is 10.0. The number of aliphatic hydroxyl groups is 1. The first-order valence-corrected chi connectivity index (χ1v) is 6.13. The molecule has 0 radical (unpaired) electrons. The third-order valence-corrected chi connectivity index (χ3v) is 3.43. The molecule has 1 saturated carbocycles. The van der Waals surface area contributed by atoms with Gasteiger partial charge in [0.05, 0.1) is 6.10 Å². The van der Waals surface area contributed by atoms with Crippen LogP contribution in [-0.2, 0) is 4.79 Å². The molecule has 1 rings (SSSR count). The lowest BCUT2D eigenvalue weighted by molar-refractivity contribution is -0.125. The molecular formula is C12H23NO2. The smallest absolute Gasteiger partial charge is 0.223 e. The van der Waals surface area contributed by atoms with Crippen molar-refractivity contribution in [2.45, 2.75) is 52.1 Å². The molecule has 3 heteroatoms. The van der Waals surface area contributed by atoms with Crippen LogP contribution in [0.1, 0.15) is 46.0 Å². The Morgan fingerprint density at radius 2 is 2.07 bits per heavy atom. The van der Waals surface area contributed by atoms with Crippen LogP contribution in [0.2, 0.25) is 0 Å². The van der Waals surface area contributed by atoms with Crippen LogP contribution in [0.15, 0.2) is 0 Å². The van der Waals surface area contributed by atoms with E-state index in [-0.39, 0.29) is 17.9 Å². The molecule has 0 aromatic heterocycles. The third-order valence-electron chi connectivity index (χ3n) is 3.43. The number of hydrogen-bond acceptors (Lipinski definition) is 2. The minimum absolute atomic E-state index is 0.139. The number of nitrogens with one attached hydrogen (secondary N) is 1. The Labute approximate surface area is 92.3 Å². The second-order valence-corrected chi connectivity index (χ2v) is 4.59. The summed E-state index contributed by atoms with van der Waals surface area (Å²) in [6.45, 7) is 4.84. The molecule has 0 unspecified atom stereocenters. The quantitative estimate of drug-likeness (QED) is 0.730. The third kappa shape index (κ3) is 3.82. The highest BCUT2D eigenvalue weighted by Gasteiger charge is 2.23. The van der Waals surface area contributed by atoms with Gasteiger partial charge in [-0.1, -0.05) is 13.8 Å². The summed E-state index contributed by atoms with van der Waals surface area (Å²) in [7, 11) is 0. The van der Waals surface area contributed by atoms with E-state index in [1.807, 2.05) is 13.8 Å². The lowest BCUT2D eigenvalue weighted by Crippen LogP contribution is -2.33. The molecule has 15 heavy (non-hydrogen) atoms. The van der Waals surface area contributed by atoms with Crippen molar-refractivity contribution in [3.63, 3.8) is 0 Å². The van der Waals surface area contributed by atoms with Gasteiger partial charge in [-0.05, 0) is 38.0 Å². The Morgan fingerprint density at radius 1 is 1.40 bits per heavy atom. The molecule has 2 N–H and O–H groups in total. The van der Waals surface area contributed by atoms with Crippen LogP contribution >= 0.6 is 0 Å². The van der Waals surface area contributed by atoms with Crippen LogP contribution in [0, 0.1) is 11.8 Å². The number of aliphatic hydroxyl groups excluding tert-OH is 1. The number of carbonyl (C=O) groups is 1. The summed E-state index contributed by atoms with van der Waals surface area (Å²) in [6, 6.07) is 0. The predicted octanol–water partition coefficient (Wildman–Crippen LogP) is 1.70.